The minimum atomic E-state index is 0.624. The Hall–Kier alpha value is -8.60. The second-order valence-electron chi connectivity index (χ2n) is 16.6. The van der Waals surface area contributed by atoms with Crippen molar-refractivity contribution in [3.05, 3.63) is 219 Å². The topological polar surface area (TPSA) is 51.6 Å². The minimum absolute atomic E-state index is 0.624. The highest BCUT2D eigenvalue weighted by molar-refractivity contribution is 6.37. The summed E-state index contributed by atoms with van der Waals surface area (Å²) in [6, 6.07) is 74.2. The van der Waals surface area contributed by atoms with Gasteiger partial charge in [0.05, 0.1) is 0 Å². The number of aromatic nitrogens is 4. The van der Waals surface area contributed by atoms with Crippen LogP contribution >= 0.6 is 0 Å². The van der Waals surface area contributed by atoms with Crippen LogP contribution < -0.4 is 0 Å². The van der Waals surface area contributed by atoms with Crippen LogP contribution in [-0.2, 0) is 0 Å². The van der Waals surface area contributed by atoms with Crippen molar-refractivity contribution < 1.29 is 0 Å². The third kappa shape index (κ3) is 5.92. The minimum Gasteiger partial charge on any atom is -0.264 e. The number of benzene rings is 10. The molecule has 0 bridgehead atoms. The summed E-state index contributed by atoms with van der Waals surface area (Å²) >= 11 is 0. The molecule has 0 atom stereocenters. The summed E-state index contributed by atoms with van der Waals surface area (Å²) in [5.41, 5.74) is 9.50. The fourth-order valence-corrected chi connectivity index (χ4v) is 9.84. The van der Waals surface area contributed by atoms with Crippen molar-refractivity contribution >= 4 is 64.6 Å². The number of nitrogens with zero attached hydrogens (tertiary/aromatic N) is 4. The number of fused-ring (bicyclic) bond motifs is 2. The normalized spacial score (nSPS) is 11.8. The van der Waals surface area contributed by atoms with Gasteiger partial charge in [-0.1, -0.05) is 182 Å². The largest absolute Gasteiger partial charge is 0.264 e. The molecule has 0 radical (unpaired) electrons. The SMILES string of the molecule is c1ccc(-c2nc(-c3ccc(-c4cccnc4)cc3)nc(-c3cccc(-c4ccc(-c5cc6ccc7cccc8c9cccc%10ccc%11cccc(c(c5)c6c78)c%11c%109)cc4)c3)n2)cc1. The third-order valence-corrected chi connectivity index (χ3v) is 12.9. The van der Waals surface area contributed by atoms with E-state index in [0.717, 1.165) is 38.9 Å². The lowest BCUT2D eigenvalue weighted by Crippen LogP contribution is -2.00. The van der Waals surface area contributed by atoms with Gasteiger partial charge in [-0.05, 0) is 122 Å². The van der Waals surface area contributed by atoms with Crippen molar-refractivity contribution in [3.63, 3.8) is 0 Å². The third-order valence-electron chi connectivity index (χ3n) is 12.9. The van der Waals surface area contributed by atoms with Gasteiger partial charge in [-0.3, -0.25) is 4.98 Å². The van der Waals surface area contributed by atoms with E-state index in [2.05, 4.69) is 175 Å². The fraction of sp³-hybridized carbons (Fsp3) is 0. The van der Waals surface area contributed by atoms with Crippen LogP contribution in [-0.4, -0.2) is 19.9 Å². The molecule has 0 spiro atoms. The Bertz CT molecular complexity index is 3910. The Balaban J connectivity index is 0.916. The second kappa shape index (κ2) is 14.5. The van der Waals surface area contributed by atoms with Gasteiger partial charge in [0.2, 0.25) is 0 Å². The molecular formula is C60H36N4. The summed E-state index contributed by atoms with van der Waals surface area (Å²) in [5.74, 6) is 1.88. The molecule has 0 saturated heterocycles. The summed E-state index contributed by atoms with van der Waals surface area (Å²) in [5, 5.41) is 15.4. The Morgan fingerprint density at radius 3 is 1.27 bits per heavy atom. The van der Waals surface area contributed by atoms with Gasteiger partial charge in [0.1, 0.15) is 0 Å². The molecule has 296 valence electrons. The van der Waals surface area contributed by atoms with Gasteiger partial charge < -0.3 is 0 Å². The predicted octanol–water partition coefficient (Wildman–Crippen LogP) is 15.6. The van der Waals surface area contributed by atoms with E-state index < -0.39 is 0 Å². The van der Waals surface area contributed by atoms with Crippen molar-refractivity contribution in [2.45, 2.75) is 0 Å². The first-order chi connectivity index (χ1) is 31.7. The lowest BCUT2D eigenvalue weighted by atomic mass is 9.86. The van der Waals surface area contributed by atoms with Crippen molar-refractivity contribution in [1.29, 1.82) is 0 Å². The van der Waals surface area contributed by atoms with E-state index in [1.165, 1.54) is 75.8 Å². The zero-order valence-corrected chi connectivity index (χ0v) is 34.6. The first kappa shape index (κ1) is 36.1. The first-order valence-corrected chi connectivity index (χ1v) is 21.7. The standard InChI is InChI=1S/C60H36N4/c1-2-9-43(10-3-1)58-62-59(44-29-24-38(25-30-44)48-16-8-32-61-36-48)64-60(63-58)47-15-4-14-45(33-47)37-20-22-39(23-21-37)49-34-46-31-28-42-12-6-18-51-50-17-5-11-40-26-27-41-13-7-19-52(56(41)54(40)50)53(35-49)57(46)55(42)51/h1-36H. The van der Waals surface area contributed by atoms with Crippen LogP contribution in [0.3, 0.4) is 0 Å². The number of pyridine rings is 1. The van der Waals surface area contributed by atoms with Gasteiger partial charge >= 0.3 is 0 Å². The van der Waals surface area contributed by atoms with Gasteiger partial charge in [0, 0.05) is 29.1 Å². The Labute approximate surface area is 369 Å². The summed E-state index contributed by atoms with van der Waals surface area (Å²) in [6.45, 7) is 0. The highest BCUT2D eigenvalue weighted by atomic mass is 15.0. The fourth-order valence-electron chi connectivity index (χ4n) is 9.84. The van der Waals surface area contributed by atoms with Crippen LogP contribution in [0.15, 0.2) is 219 Å². The predicted molar refractivity (Wildman–Crippen MR) is 266 cm³/mol. The maximum Gasteiger partial charge on any atom is 0.164 e. The average Bonchev–Trinajstić information content (AvgIpc) is 3.37. The molecule has 4 nitrogen and oxygen atoms in total. The molecule has 0 aliphatic carbocycles. The molecule has 0 saturated carbocycles. The van der Waals surface area contributed by atoms with Gasteiger partial charge in [-0.15, -0.1) is 0 Å². The van der Waals surface area contributed by atoms with E-state index in [-0.39, 0.29) is 0 Å². The summed E-state index contributed by atoms with van der Waals surface area (Å²) in [6.07, 6.45) is 3.67. The van der Waals surface area contributed by atoms with E-state index in [1.807, 2.05) is 42.6 Å². The number of rotatable bonds is 6. The maximum atomic E-state index is 5.07. The average molecular weight is 813 g/mol. The summed E-state index contributed by atoms with van der Waals surface area (Å²) < 4.78 is 0. The lowest BCUT2D eigenvalue weighted by molar-refractivity contribution is 1.07. The van der Waals surface area contributed by atoms with Crippen molar-refractivity contribution in [1.82, 2.24) is 19.9 Å². The van der Waals surface area contributed by atoms with Gasteiger partial charge in [0.15, 0.2) is 17.5 Å². The first-order valence-electron chi connectivity index (χ1n) is 21.7. The number of hydrogen-bond acceptors (Lipinski definition) is 4. The highest BCUT2D eigenvalue weighted by Crippen LogP contribution is 2.44. The van der Waals surface area contributed by atoms with E-state index >= 15 is 0 Å². The van der Waals surface area contributed by atoms with Crippen LogP contribution in [0.25, 0.3) is 132 Å². The lowest BCUT2D eigenvalue weighted by Gasteiger charge is -2.17. The van der Waals surface area contributed by atoms with E-state index in [4.69, 9.17) is 15.0 Å². The summed E-state index contributed by atoms with van der Waals surface area (Å²) in [4.78, 5) is 19.4. The molecule has 0 unspecified atom stereocenters. The van der Waals surface area contributed by atoms with Crippen LogP contribution in [0.2, 0.25) is 0 Å². The molecule has 0 N–H and O–H groups in total. The van der Waals surface area contributed by atoms with Crippen LogP contribution in [0, 0.1) is 0 Å². The molecule has 2 aromatic heterocycles. The van der Waals surface area contributed by atoms with Crippen molar-refractivity contribution in [3.8, 4) is 67.5 Å². The Kier molecular flexibility index (Phi) is 8.18. The van der Waals surface area contributed by atoms with Crippen molar-refractivity contribution in [2.75, 3.05) is 0 Å². The smallest absolute Gasteiger partial charge is 0.164 e. The molecule has 13 rings (SSSR count). The highest BCUT2D eigenvalue weighted by Gasteiger charge is 2.17. The quantitative estimate of drug-likeness (QED) is 0.157. The van der Waals surface area contributed by atoms with Crippen LogP contribution in [0.5, 0.6) is 0 Å². The van der Waals surface area contributed by atoms with Gasteiger partial charge in [-0.25, -0.2) is 15.0 Å². The zero-order chi connectivity index (χ0) is 42.1. The van der Waals surface area contributed by atoms with Crippen molar-refractivity contribution in [2.24, 2.45) is 0 Å². The molecule has 64 heavy (non-hydrogen) atoms. The molecule has 0 fully saturated rings. The number of hydrogen-bond donors (Lipinski definition) is 0. The zero-order valence-electron chi connectivity index (χ0n) is 34.6. The van der Waals surface area contributed by atoms with Gasteiger partial charge in [-0.2, -0.15) is 0 Å². The summed E-state index contributed by atoms with van der Waals surface area (Å²) in [7, 11) is 0. The second-order valence-corrected chi connectivity index (χ2v) is 16.6. The van der Waals surface area contributed by atoms with E-state index in [9.17, 15) is 0 Å². The van der Waals surface area contributed by atoms with E-state index in [1.54, 1.807) is 6.20 Å². The molecular weight excluding hydrogens is 777 g/mol. The van der Waals surface area contributed by atoms with Gasteiger partial charge in [0.25, 0.3) is 0 Å². The monoisotopic (exact) mass is 812 g/mol. The molecule has 0 aliphatic heterocycles. The maximum absolute atomic E-state index is 5.07. The molecule has 13 aromatic rings. The van der Waals surface area contributed by atoms with Crippen LogP contribution in [0.1, 0.15) is 0 Å². The molecule has 0 aliphatic rings. The Morgan fingerprint density at radius 1 is 0.234 bits per heavy atom. The molecule has 2 heterocycles. The molecule has 0 amide bonds. The van der Waals surface area contributed by atoms with Crippen LogP contribution in [0.4, 0.5) is 0 Å². The van der Waals surface area contributed by atoms with E-state index in [0.29, 0.717) is 17.5 Å². The Morgan fingerprint density at radius 2 is 0.672 bits per heavy atom. The molecule has 4 heteroatoms. The molecule has 11 aromatic carbocycles.